The summed E-state index contributed by atoms with van der Waals surface area (Å²) in [6.45, 7) is -0.0224. The molecular formula is C11H18N2O2. The van der Waals surface area contributed by atoms with Crippen molar-refractivity contribution in [3.05, 3.63) is 0 Å². The minimum absolute atomic E-state index is 0.0224. The highest BCUT2D eigenvalue weighted by atomic mass is 16.2. The van der Waals surface area contributed by atoms with Crippen LogP contribution in [0, 0.1) is 11.3 Å². The summed E-state index contributed by atoms with van der Waals surface area (Å²) in [4.78, 5) is 22.2. The lowest BCUT2D eigenvalue weighted by Crippen LogP contribution is -2.35. The Bertz CT molecular complexity index is 282. The maximum Gasteiger partial charge on any atom is 0.236 e. The molecule has 2 fully saturated rings. The summed E-state index contributed by atoms with van der Waals surface area (Å²) in [5.41, 5.74) is 5.27. The van der Waals surface area contributed by atoms with Gasteiger partial charge in [-0.3, -0.25) is 9.59 Å². The Labute approximate surface area is 89.6 Å². The standard InChI is InChI=1S/C11H18N2O2/c12-9(14)7-13-10(15)8-6-11(8)4-2-1-3-5-11/h8H,1-7H2,(H2,12,14)(H,13,15)/t8-/m1/s1. The van der Waals surface area contributed by atoms with Gasteiger partial charge in [-0.25, -0.2) is 0 Å². The van der Waals surface area contributed by atoms with E-state index in [4.69, 9.17) is 5.73 Å². The van der Waals surface area contributed by atoms with Crippen molar-refractivity contribution in [1.29, 1.82) is 0 Å². The zero-order valence-corrected chi connectivity index (χ0v) is 8.92. The molecule has 0 aromatic heterocycles. The number of amides is 2. The Kier molecular flexibility index (Phi) is 2.67. The zero-order chi connectivity index (χ0) is 10.9. The lowest BCUT2D eigenvalue weighted by atomic mass is 9.84. The molecule has 0 bridgehead atoms. The molecule has 0 radical (unpaired) electrons. The highest BCUT2D eigenvalue weighted by molar-refractivity contribution is 5.87. The second kappa shape index (κ2) is 3.83. The first-order valence-corrected chi connectivity index (χ1v) is 5.70. The van der Waals surface area contributed by atoms with Crippen molar-refractivity contribution < 1.29 is 9.59 Å². The molecule has 1 atom stereocenters. The summed E-state index contributed by atoms with van der Waals surface area (Å²) in [6, 6.07) is 0. The van der Waals surface area contributed by atoms with Gasteiger partial charge in [-0.2, -0.15) is 0 Å². The van der Waals surface area contributed by atoms with E-state index in [1.54, 1.807) is 0 Å². The molecule has 4 nitrogen and oxygen atoms in total. The van der Waals surface area contributed by atoms with Gasteiger partial charge in [0.2, 0.25) is 11.8 Å². The van der Waals surface area contributed by atoms with Gasteiger partial charge in [0.1, 0.15) is 0 Å². The van der Waals surface area contributed by atoms with Crippen LogP contribution in [0.3, 0.4) is 0 Å². The molecule has 2 aliphatic carbocycles. The minimum Gasteiger partial charge on any atom is -0.368 e. The molecule has 2 saturated carbocycles. The second-order valence-corrected chi connectivity index (χ2v) is 4.86. The number of carbonyl (C=O) groups is 2. The van der Waals surface area contributed by atoms with Crippen LogP contribution in [-0.4, -0.2) is 18.4 Å². The second-order valence-electron chi connectivity index (χ2n) is 4.86. The summed E-state index contributed by atoms with van der Waals surface area (Å²) < 4.78 is 0. The van der Waals surface area contributed by atoms with Crippen LogP contribution in [0.1, 0.15) is 38.5 Å². The van der Waals surface area contributed by atoms with E-state index in [1.165, 1.54) is 32.1 Å². The third-order valence-corrected chi connectivity index (χ3v) is 3.79. The Morgan fingerprint density at radius 2 is 1.93 bits per heavy atom. The summed E-state index contributed by atoms with van der Waals surface area (Å²) >= 11 is 0. The third kappa shape index (κ3) is 2.13. The molecule has 2 rings (SSSR count). The van der Waals surface area contributed by atoms with Crippen molar-refractivity contribution >= 4 is 11.8 Å². The topological polar surface area (TPSA) is 72.2 Å². The summed E-state index contributed by atoms with van der Waals surface area (Å²) in [5.74, 6) is -0.297. The summed E-state index contributed by atoms with van der Waals surface area (Å²) in [7, 11) is 0. The number of nitrogens with two attached hydrogens (primary N) is 1. The van der Waals surface area contributed by atoms with Crippen LogP contribution >= 0.6 is 0 Å². The van der Waals surface area contributed by atoms with Crippen LogP contribution in [0.25, 0.3) is 0 Å². The van der Waals surface area contributed by atoms with Gasteiger partial charge in [0.25, 0.3) is 0 Å². The Morgan fingerprint density at radius 3 is 2.53 bits per heavy atom. The normalized spacial score (nSPS) is 27.3. The predicted molar refractivity (Wildman–Crippen MR) is 55.8 cm³/mol. The number of nitrogens with one attached hydrogen (secondary N) is 1. The smallest absolute Gasteiger partial charge is 0.236 e. The maximum atomic E-state index is 11.7. The van der Waals surface area contributed by atoms with Gasteiger partial charge in [-0.05, 0) is 24.7 Å². The average molecular weight is 210 g/mol. The minimum atomic E-state index is -0.471. The third-order valence-electron chi connectivity index (χ3n) is 3.79. The molecule has 0 aliphatic heterocycles. The molecule has 4 heteroatoms. The first-order chi connectivity index (χ1) is 7.14. The van der Waals surface area contributed by atoms with Crippen LogP contribution in [0.4, 0.5) is 0 Å². The molecule has 1 spiro atoms. The van der Waals surface area contributed by atoms with Crippen molar-refractivity contribution in [2.45, 2.75) is 38.5 Å². The molecule has 2 aliphatic rings. The lowest BCUT2D eigenvalue weighted by molar-refractivity contribution is -0.126. The zero-order valence-electron chi connectivity index (χ0n) is 8.92. The molecule has 2 amide bonds. The van der Waals surface area contributed by atoms with E-state index in [1.807, 2.05) is 0 Å². The van der Waals surface area contributed by atoms with Gasteiger partial charge in [0.15, 0.2) is 0 Å². The molecule has 0 unspecified atom stereocenters. The molecule has 0 heterocycles. The van der Waals surface area contributed by atoms with Gasteiger partial charge in [-0.15, -0.1) is 0 Å². The van der Waals surface area contributed by atoms with Crippen LogP contribution < -0.4 is 11.1 Å². The molecule has 15 heavy (non-hydrogen) atoms. The van der Waals surface area contributed by atoms with E-state index in [-0.39, 0.29) is 18.4 Å². The lowest BCUT2D eigenvalue weighted by Gasteiger charge is -2.21. The fourth-order valence-electron chi connectivity index (χ4n) is 2.82. The van der Waals surface area contributed by atoms with Gasteiger partial charge < -0.3 is 11.1 Å². The number of hydrogen-bond acceptors (Lipinski definition) is 2. The van der Waals surface area contributed by atoms with E-state index in [0.717, 1.165) is 6.42 Å². The molecule has 3 N–H and O–H groups in total. The van der Waals surface area contributed by atoms with Crippen LogP contribution in [0.15, 0.2) is 0 Å². The fraction of sp³-hybridized carbons (Fsp3) is 0.818. The van der Waals surface area contributed by atoms with Crippen LogP contribution in [0.5, 0.6) is 0 Å². The molecule has 0 saturated heterocycles. The van der Waals surface area contributed by atoms with E-state index < -0.39 is 5.91 Å². The van der Waals surface area contributed by atoms with E-state index in [9.17, 15) is 9.59 Å². The number of hydrogen-bond donors (Lipinski definition) is 2. The highest BCUT2D eigenvalue weighted by Gasteiger charge is 2.57. The first kappa shape index (κ1) is 10.5. The summed E-state index contributed by atoms with van der Waals surface area (Å²) in [5, 5.41) is 2.60. The summed E-state index contributed by atoms with van der Waals surface area (Å²) in [6.07, 6.45) is 7.18. The van der Waals surface area contributed by atoms with E-state index in [2.05, 4.69) is 5.32 Å². The maximum absolute atomic E-state index is 11.7. The SMILES string of the molecule is NC(=O)CNC(=O)[C@H]1CC12CCCCC2. The number of carbonyl (C=O) groups excluding carboxylic acids is 2. The van der Waals surface area contributed by atoms with Crippen molar-refractivity contribution in [3.8, 4) is 0 Å². The Hall–Kier alpha value is -1.06. The molecule has 84 valence electrons. The molecule has 0 aromatic rings. The van der Waals surface area contributed by atoms with Gasteiger partial charge in [0.05, 0.1) is 6.54 Å². The Balaban J connectivity index is 1.81. The highest BCUT2D eigenvalue weighted by Crippen LogP contribution is 2.61. The van der Waals surface area contributed by atoms with E-state index in [0.29, 0.717) is 5.41 Å². The monoisotopic (exact) mass is 210 g/mol. The van der Waals surface area contributed by atoms with Crippen molar-refractivity contribution in [3.63, 3.8) is 0 Å². The van der Waals surface area contributed by atoms with E-state index >= 15 is 0 Å². The van der Waals surface area contributed by atoms with Gasteiger partial charge >= 0.3 is 0 Å². The predicted octanol–water partition coefficient (Wildman–Crippen LogP) is 0.558. The average Bonchev–Trinajstić information content (AvgIpc) is 2.90. The number of rotatable bonds is 3. The van der Waals surface area contributed by atoms with Gasteiger partial charge in [0, 0.05) is 5.92 Å². The van der Waals surface area contributed by atoms with Crippen molar-refractivity contribution in [2.24, 2.45) is 17.1 Å². The van der Waals surface area contributed by atoms with Gasteiger partial charge in [-0.1, -0.05) is 19.3 Å². The molecule has 0 aromatic carbocycles. The van der Waals surface area contributed by atoms with Crippen molar-refractivity contribution in [1.82, 2.24) is 5.32 Å². The molecular weight excluding hydrogens is 192 g/mol. The quantitative estimate of drug-likeness (QED) is 0.714. The largest absolute Gasteiger partial charge is 0.368 e. The Morgan fingerprint density at radius 1 is 1.27 bits per heavy atom. The van der Waals surface area contributed by atoms with Crippen molar-refractivity contribution in [2.75, 3.05) is 6.54 Å². The fourth-order valence-corrected chi connectivity index (χ4v) is 2.82. The number of primary amides is 1. The van der Waals surface area contributed by atoms with Crippen LogP contribution in [0.2, 0.25) is 0 Å². The first-order valence-electron chi connectivity index (χ1n) is 5.70. The van der Waals surface area contributed by atoms with Crippen LogP contribution in [-0.2, 0) is 9.59 Å².